The SMILES string of the molecule is CCCCCCCC[PH](CC)(CC)CC.N#CN.N#CN. The van der Waals surface area contributed by atoms with Crippen LogP contribution in [-0.4, -0.2) is 24.6 Å². The van der Waals surface area contributed by atoms with Crippen molar-refractivity contribution < 1.29 is 0 Å². The Labute approximate surface area is 133 Å². The van der Waals surface area contributed by atoms with E-state index in [0.29, 0.717) is 0 Å². The summed E-state index contributed by atoms with van der Waals surface area (Å²) in [7, 11) is -0.786. The van der Waals surface area contributed by atoms with Crippen LogP contribution in [0.4, 0.5) is 0 Å². The molecule has 0 aromatic rings. The molecule has 4 nitrogen and oxygen atoms in total. The first-order valence-electron chi connectivity index (χ1n) is 8.27. The molecule has 0 unspecified atom stereocenters. The molecule has 0 saturated heterocycles. The molecular weight excluding hydrogens is 279 g/mol. The van der Waals surface area contributed by atoms with Gasteiger partial charge in [-0.1, -0.05) is 0 Å². The van der Waals surface area contributed by atoms with Crippen LogP contribution in [0.15, 0.2) is 0 Å². The Balaban J connectivity index is -0.000000460. The van der Waals surface area contributed by atoms with Gasteiger partial charge in [0, 0.05) is 0 Å². The van der Waals surface area contributed by atoms with Gasteiger partial charge < -0.3 is 11.5 Å². The molecule has 0 aromatic heterocycles. The Morgan fingerprint density at radius 1 is 0.714 bits per heavy atom. The van der Waals surface area contributed by atoms with Gasteiger partial charge in [-0.2, -0.15) is 10.5 Å². The van der Waals surface area contributed by atoms with Gasteiger partial charge in [0.25, 0.3) is 0 Å². The topological polar surface area (TPSA) is 99.6 Å². The normalized spacial score (nSPS) is 10.0. The first kappa shape index (κ1) is 25.0. The number of hydrogen-bond donors (Lipinski definition) is 2. The molecule has 5 heteroatoms. The van der Waals surface area contributed by atoms with Crippen LogP contribution in [0.1, 0.15) is 66.2 Å². The maximum atomic E-state index is 7.10. The van der Waals surface area contributed by atoms with Crippen molar-refractivity contribution in [3.05, 3.63) is 0 Å². The van der Waals surface area contributed by atoms with E-state index in [1.807, 2.05) is 0 Å². The number of unbranched alkanes of at least 4 members (excludes halogenated alkanes) is 5. The Bertz CT molecular complexity index is 244. The van der Waals surface area contributed by atoms with Crippen molar-refractivity contribution in [2.75, 3.05) is 24.6 Å². The van der Waals surface area contributed by atoms with Crippen LogP contribution in [0.2, 0.25) is 0 Å². The Morgan fingerprint density at radius 3 is 1.38 bits per heavy atom. The van der Waals surface area contributed by atoms with Gasteiger partial charge in [-0.05, 0) is 0 Å². The zero-order chi connectivity index (χ0) is 17.0. The minimum absolute atomic E-state index is 0.786. The van der Waals surface area contributed by atoms with Crippen LogP contribution in [0.25, 0.3) is 0 Å². The van der Waals surface area contributed by atoms with Crippen molar-refractivity contribution in [3.63, 3.8) is 0 Å². The van der Waals surface area contributed by atoms with Gasteiger partial charge >= 0.3 is 98.1 Å². The molecule has 21 heavy (non-hydrogen) atoms. The largest absolute Gasteiger partial charge is 0.337 e. The molecule has 126 valence electrons. The van der Waals surface area contributed by atoms with E-state index in [2.05, 4.69) is 39.2 Å². The molecule has 0 aromatic carbocycles. The van der Waals surface area contributed by atoms with Gasteiger partial charge in [-0.3, -0.25) is 0 Å². The third kappa shape index (κ3) is 19.0. The average Bonchev–Trinajstić information content (AvgIpc) is 2.49. The molecular formula is C16H37N4P. The molecule has 0 radical (unpaired) electrons. The van der Waals surface area contributed by atoms with Crippen molar-refractivity contribution in [1.29, 1.82) is 10.5 Å². The maximum Gasteiger partial charge on any atom is 0.173 e. The number of nitrogens with zero attached hydrogens (tertiary/aromatic N) is 2. The van der Waals surface area contributed by atoms with Crippen LogP contribution in [0, 0.1) is 22.9 Å². The summed E-state index contributed by atoms with van der Waals surface area (Å²) in [5, 5.41) is 14.2. The summed E-state index contributed by atoms with van der Waals surface area (Å²) in [6.45, 7) is 9.58. The summed E-state index contributed by atoms with van der Waals surface area (Å²) in [6.07, 6.45) is 17.4. The van der Waals surface area contributed by atoms with Crippen LogP contribution in [0.3, 0.4) is 0 Å². The fraction of sp³-hybridized carbons (Fsp3) is 0.875. The molecule has 4 N–H and O–H groups in total. The summed E-state index contributed by atoms with van der Waals surface area (Å²) in [6, 6.07) is 0. The Morgan fingerprint density at radius 2 is 1.05 bits per heavy atom. The van der Waals surface area contributed by atoms with E-state index in [0.717, 1.165) is 0 Å². The van der Waals surface area contributed by atoms with Crippen molar-refractivity contribution in [2.45, 2.75) is 66.2 Å². The van der Waals surface area contributed by atoms with Crippen molar-refractivity contribution in [2.24, 2.45) is 11.5 Å². The molecule has 0 amide bonds. The first-order valence-corrected chi connectivity index (χ1v) is 11.1. The van der Waals surface area contributed by atoms with Gasteiger partial charge in [-0.15, -0.1) is 0 Å². The van der Waals surface area contributed by atoms with Gasteiger partial charge in [0.2, 0.25) is 0 Å². The van der Waals surface area contributed by atoms with E-state index in [-0.39, 0.29) is 0 Å². The smallest absolute Gasteiger partial charge is 0.173 e. The Hall–Kier alpha value is -0.990. The zero-order valence-corrected chi connectivity index (χ0v) is 15.6. The van der Waals surface area contributed by atoms with Crippen molar-refractivity contribution >= 4 is 7.26 Å². The van der Waals surface area contributed by atoms with Crippen LogP contribution in [-0.2, 0) is 0 Å². The molecule has 0 saturated carbocycles. The van der Waals surface area contributed by atoms with Gasteiger partial charge in [0.05, 0.1) is 0 Å². The summed E-state index contributed by atoms with van der Waals surface area (Å²) in [4.78, 5) is 0. The molecule has 0 fully saturated rings. The standard InChI is InChI=1S/C14H33P.2CH2N2/c1-5-9-10-11-12-13-14-15(6-2,7-3)8-4;2*2-1-3/h15H,5-14H2,1-4H3;2*2H2. The van der Waals surface area contributed by atoms with Crippen molar-refractivity contribution in [1.82, 2.24) is 0 Å². The number of hydrogen-bond acceptors (Lipinski definition) is 4. The minimum atomic E-state index is -0.786. The van der Waals surface area contributed by atoms with Crippen LogP contribution in [0.5, 0.6) is 0 Å². The van der Waals surface area contributed by atoms with E-state index < -0.39 is 7.26 Å². The molecule has 0 spiro atoms. The molecule has 0 atom stereocenters. The number of rotatable bonds is 10. The zero-order valence-electron chi connectivity index (χ0n) is 14.6. The second-order valence-corrected chi connectivity index (χ2v) is 11.0. The summed E-state index contributed by atoms with van der Waals surface area (Å²) >= 11 is 0. The number of nitrogens with two attached hydrogens (primary N) is 2. The molecule has 0 heterocycles. The maximum absolute atomic E-state index is 7.10. The molecule has 0 aliphatic rings. The fourth-order valence-electron chi connectivity index (χ4n) is 2.56. The third-order valence-electron chi connectivity index (χ3n) is 4.31. The molecule has 0 rings (SSSR count). The Kier molecular flexibility index (Phi) is 25.4. The van der Waals surface area contributed by atoms with E-state index in [4.69, 9.17) is 10.5 Å². The predicted octanol–water partition coefficient (Wildman–Crippen LogP) is 4.01. The second kappa shape index (κ2) is 21.3. The van der Waals surface area contributed by atoms with Gasteiger partial charge in [0.15, 0.2) is 12.4 Å². The first-order chi connectivity index (χ1) is 10.1. The summed E-state index contributed by atoms with van der Waals surface area (Å²) in [5.74, 6) is 0. The van der Waals surface area contributed by atoms with E-state index in [1.54, 1.807) is 6.16 Å². The summed E-state index contributed by atoms with van der Waals surface area (Å²) in [5.41, 5.74) is 8.31. The fourth-order valence-corrected chi connectivity index (χ4v) is 6.12. The van der Waals surface area contributed by atoms with E-state index in [9.17, 15) is 0 Å². The van der Waals surface area contributed by atoms with E-state index in [1.165, 1.54) is 69.4 Å². The monoisotopic (exact) mass is 316 g/mol. The second-order valence-electron chi connectivity index (χ2n) is 5.34. The van der Waals surface area contributed by atoms with E-state index >= 15 is 0 Å². The predicted molar refractivity (Wildman–Crippen MR) is 97.8 cm³/mol. The van der Waals surface area contributed by atoms with Crippen molar-refractivity contribution in [3.8, 4) is 12.4 Å². The van der Waals surface area contributed by atoms with Crippen LogP contribution < -0.4 is 11.5 Å². The quantitative estimate of drug-likeness (QED) is 0.275. The molecule has 0 aliphatic heterocycles. The van der Waals surface area contributed by atoms with Crippen LogP contribution >= 0.6 is 7.26 Å². The average molecular weight is 316 g/mol. The van der Waals surface area contributed by atoms with Gasteiger partial charge in [0.1, 0.15) is 0 Å². The minimum Gasteiger partial charge on any atom is -0.337 e. The summed E-state index contributed by atoms with van der Waals surface area (Å²) < 4.78 is 0. The molecule has 0 aliphatic carbocycles. The number of nitriles is 2. The molecule has 0 bridgehead atoms. The third-order valence-corrected chi connectivity index (χ3v) is 10.2. The van der Waals surface area contributed by atoms with Gasteiger partial charge in [-0.25, -0.2) is 0 Å².